The van der Waals surface area contributed by atoms with E-state index in [0.717, 1.165) is 0 Å². The van der Waals surface area contributed by atoms with E-state index in [2.05, 4.69) is 16.8 Å². The zero-order valence-electron chi connectivity index (χ0n) is 6.34. The molecule has 0 fully saturated rings. The maximum absolute atomic E-state index is 10.3. The number of nitrogens with zero attached hydrogens (tertiary/aromatic N) is 1. The molecule has 0 aliphatic heterocycles. The summed E-state index contributed by atoms with van der Waals surface area (Å²) in [6, 6.07) is 2.98. The fourth-order valence-corrected chi connectivity index (χ4v) is 1.13. The Labute approximate surface area is 84.9 Å². The molecule has 66 valence electrons. The molecule has 5 heteroatoms. The van der Waals surface area contributed by atoms with Crippen molar-refractivity contribution in [3.8, 4) is 11.8 Å². The molecular weight excluding hydrogens is 211 g/mol. The molecule has 1 rings (SSSR count). The Kier molecular flexibility index (Phi) is 3.13. The van der Waals surface area contributed by atoms with Crippen LogP contribution in [0.15, 0.2) is 12.1 Å². The van der Waals surface area contributed by atoms with Crippen molar-refractivity contribution in [2.75, 3.05) is 0 Å². The average molecular weight is 215 g/mol. The Morgan fingerprint density at radius 2 is 1.92 bits per heavy atom. The molecule has 1 heterocycles. The Balaban J connectivity index is 3.04. The molecule has 0 bridgehead atoms. The third-order valence-electron chi connectivity index (χ3n) is 1.09. The number of carbonyl (C=O) groups excluding carboxylic acids is 1. The van der Waals surface area contributed by atoms with Crippen LogP contribution in [0.3, 0.4) is 0 Å². The van der Waals surface area contributed by atoms with Crippen LogP contribution in [0.25, 0.3) is 0 Å². The van der Waals surface area contributed by atoms with Crippen molar-refractivity contribution >= 4 is 29.1 Å². The average Bonchev–Trinajstić information content (AvgIpc) is 1.99. The Morgan fingerprint density at radius 1 is 1.38 bits per heavy atom. The maximum Gasteiger partial charge on any atom is 0.293 e. The zero-order valence-corrected chi connectivity index (χ0v) is 7.86. The van der Waals surface area contributed by atoms with Gasteiger partial charge in [0.25, 0.3) is 5.91 Å². The minimum Gasteiger partial charge on any atom is -0.359 e. The molecule has 0 saturated carbocycles. The van der Waals surface area contributed by atoms with Gasteiger partial charge in [0.15, 0.2) is 0 Å². The first-order valence-corrected chi connectivity index (χ1v) is 3.98. The lowest BCUT2D eigenvalue weighted by Gasteiger charge is -1.92. The van der Waals surface area contributed by atoms with Gasteiger partial charge in [-0.3, -0.25) is 4.79 Å². The molecular formula is C8H4Cl2N2O. The number of hydrogen-bond acceptors (Lipinski definition) is 2. The van der Waals surface area contributed by atoms with E-state index >= 15 is 0 Å². The maximum atomic E-state index is 10.3. The molecule has 1 aromatic rings. The van der Waals surface area contributed by atoms with E-state index in [-0.39, 0.29) is 10.3 Å². The third kappa shape index (κ3) is 3.32. The van der Waals surface area contributed by atoms with Gasteiger partial charge in [-0.1, -0.05) is 29.1 Å². The van der Waals surface area contributed by atoms with Crippen molar-refractivity contribution in [1.29, 1.82) is 0 Å². The molecule has 0 spiro atoms. The van der Waals surface area contributed by atoms with E-state index in [1.807, 2.05) is 0 Å². The van der Waals surface area contributed by atoms with Gasteiger partial charge in [-0.25, -0.2) is 4.98 Å². The number of aromatic nitrogens is 1. The van der Waals surface area contributed by atoms with Crippen LogP contribution in [-0.4, -0.2) is 10.9 Å². The predicted octanol–water partition coefficient (Wildman–Crippen LogP) is 1.23. The molecule has 0 unspecified atom stereocenters. The van der Waals surface area contributed by atoms with Crippen LogP contribution in [0.1, 0.15) is 5.56 Å². The summed E-state index contributed by atoms with van der Waals surface area (Å²) in [5.41, 5.74) is 5.33. The van der Waals surface area contributed by atoms with E-state index in [9.17, 15) is 4.79 Å². The van der Waals surface area contributed by atoms with Gasteiger partial charge in [0, 0.05) is 5.56 Å². The van der Waals surface area contributed by atoms with Gasteiger partial charge in [-0.05, 0) is 18.1 Å². The molecule has 0 aliphatic carbocycles. The van der Waals surface area contributed by atoms with Crippen LogP contribution in [0.4, 0.5) is 0 Å². The Bertz CT molecular complexity index is 386. The molecule has 1 aromatic heterocycles. The quantitative estimate of drug-likeness (QED) is 0.522. The summed E-state index contributed by atoms with van der Waals surface area (Å²) in [7, 11) is 0. The number of primary amides is 1. The summed E-state index contributed by atoms with van der Waals surface area (Å²) >= 11 is 11.2. The van der Waals surface area contributed by atoms with Crippen LogP contribution in [-0.2, 0) is 4.79 Å². The van der Waals surface area contributed by atoms with Gasteiger partial charge in [-0.2, -0.15) is 0 Å². The number of amides is 1. The standard InChI is InChI=1S/C8H4Cl2N2O/c9-6-3-5(1-2-8(11)13)4-7(10)12-6/h3-4H,(H2,11,13). The minimum atomic E-state index is -0.705. The normalized spacial score (nSPS) is 8.77. The summed E-state index contributed by atoms with van der Waals surface area (Å²) in [4.78, 5) is 14.0. The zero-order chi connectivity index (χ0) is 9.84. The van der Waals surface area contributed by atoms with Crippen molar-refractivity contribution in [2.45, 2.75) is 0 Å². The monoisotopic (exact) mass is 214 g/mol. The van der Waals surface area contributed by atoms with Crippen LogP contribution >= 0.6 is 23.2 Å². The van der Waals surface area contributed by atoms with Crippen LogP contribution in [0.2, 0.25) is 10.3 Å². The number of halogens is 2. The lowest BCUT2D eigenvalue weighted by atomic mass is 10.3. The van der Waals surface area contributed by atoms with Crippen molar-refractivity contribution < 1.29 is 4.79 Å². The highest BCUT2D eigenvalue weighted by Gasteiger charge is 1.96. The molecule has 0 saturated heterocycles. The SMILES string of the molecule is NC(=O)C#Cc1cc(Cl)nc(Cl)c1. The lowest BCUT2D eigenvalue weighted by Crippen LogP contribution is -2.06. The topological polar surface area (TPSA) is 56.0 Å². The van der Waals surface area contributed by atoms with E-state index in [4.69, 9.17) is 28.9 Å². The first-order chi connectivity index (χ1) is 6.08. The summed E-state index contributed by atoms with van der Waals surface area (Å²) in [6.45, 7) is 0. The number of nitrogens with two attached hydrogens (primary N) is 1. The molecule has 0 aliphatic rings. The van der Waals surface area contributed by atoms with E-state index in [1.54, 1.807) is 0 Å². The fourth-order valence-electron chi connectivity index (χ4n) is 0.671. The van der Waals surface area contributed by atoms with Crippen molar-refractivity contribution in [2.24, 2.45) is 5.73 Å². The van der Waals surface area contributed by atoms with Crippen LogP contribution in [0, 0.1) is 11.8 Å². The highest BCUT2D eigenvalue weighted by atomic mass is 35.5. The predicted molar refractivity (Wildman–Crippen MR) is 50.3 cm³/mol. The summed E-state index contributed by atoms with van der Waals surface area (Å²) < 4.78 is 0. The molecule has 13 heavy (non-hydrogen) atoms. The number of pyridine rings is 1. The second-order valence-corrected chi connectivity index (χ2v) is 2.89. The van der Waals surface area contributed by atoms with Crippen molar-refractivity contribution in [3.05, 3.63) is 28.0 Å². The van der Waals surface area contributed by atoms with Crippen LogP contribution in [0.5, 0.6) is 0 Å². The Morgan fingerprint density at radius 3 is 2.38 bits per heavy atom. The number of hydrogen-bond donors (Lipinski definition) is 1. The summed E-state index contributed by atoms with van der Waals surface area (Å²) in [6.07, 6.45) is 0. The minimum absolute atomic E-state index is 0.223. The second-order valence-electron chi connectivity index (χ2n) is 2.12. The fraction of sp³-hybridized carbons (Fsp3) is 0. The molecule has 3 nitrogen and oxygen atoms in total. The number of rotatable bonds is 0. The smallest absolute Gasteiger partial charge is 0.293 e. The lowest BCUT2D eigenvalue weighted by molar-refractivity contribution is -0.112. The van der Waals surface area contributed by atoms with Gasteiger partial charge in [0.05, 0.1) is 0 Å². The first-order valence-electron chi connectivity index (χ1n) is 3.22. The highest BCUT2D eigenvalue weighted by Crippen LogP contribution is 2.13. The van der Waals surface area contributed by atoms with Gasteiger partial charge < -0.3 is 5.73 Å². The van der Waals surface area contributed by atoms with Crippen molar-refractivity contribution in [1.82, 2.24) is 4.98 Å². The molecule has 1 amide bonds. The second kappa shape index (κ2) is 4.13. The summed E-state index contributed by atoms with van der Waals surface area (Å²) in [5, 5.41) is 0.447. The molecule has 2 N–H and O–H groups in total. The highest BCUT2D eigenvalue weighted by molar-refractivity contribution is 6.32. The van der Waals surface area contributed by atoms with Gasteiger partial charge >= 0.3 is 0 Å². The van der Waals surface area contributed by atoms with Gasteiger partial charge in [0.1, 0.15) is 10.3 Å². The van der Waals surface area contributed by atoms with Gasteiger partial charge in [-0.15, -0.1) is 0 Å². The van der Waals surface area contributed by atoms with Gasteiger partial charge in [0.2, 0.25) is 0 Å². The Hall–Kier alpha value is -1.24. The molecule has 0 radical (unpaired) electrons. The summed E-state index contributed by atoms with van der Waals surface area (Å²) in [5.74, 6) is 3.95. The number of carbonyl (C=O) groups is 1. The van der Waals surface area contributed by atoms with E-state index in [0.29, 0.717) is 5.56 Å². The van der Waals surface area contributed by atoms with Crippen molar-refractivity contribution in [3.63, 3.8) is 0 Å². The molecule has 0 atom stereocenters. The molecule has 0 aromatic carbocycles. The largest absolute Gasteiger partial charge is 0.359 e. The first kappa shape index (κ1) is 9.85. The van der Waals surface area contributed by atoms with Crippen LogP contribution < -0.4 is 5.73 Å². The third-order valence-corrected chi connectivity index (χ3v) is 1.48. The van der Waals surface area contributed by atoms with E-state index in [1.165, 1.54) is 12.1 Å². The van der Waals surface area contributed by atoms with E-state index < -0.39 is 5.91 Å².